The van der Waals surface area contributed by atoms with Gasteiger partial charge >= 0.3 is 0 Å². The van der Waals surface area contributed by atoms with Gasteiger partial charge in [0.2, 0.25) is 0 Å². The van der Waals surface area contributed by atoms with Gasteiger partial charge in [0.15, 0.2) is 11.1 Å². The van der Waals surface area contributed by atoms with Crippen LogP contribution in [0, 0.1) is 0 Å². The lowest BCUT2D eigenvalue weighted by Crippen LogP contribution is -2.51. The molecule has 2 fully saturated rings. The molecule has 2 aliphatic heterocycles. The fraction of sp³-hybridized carbons (Fsp3) is 0.750. The number of rotatable bonds is 5. The molecule has 0 spiro atoms. The Morgan fingerprint density at radius 2 is 1.83 bits per heavy atom. The lowest BCUT2D eigenvalue weighted by molar-refractivity contribution is 0.140. The highest BCUT2D eigenvalue weighted by atomic mass is 32.1. The van der Waals surface area contributed by atoms with E-state index < -0.39 is 0 Å². The largest absolute Gasteiger partial charge is 0.370 e. The molecule has 0 amide bonds. The van der Waals surface area contributed by atoms with Crippen LogP contribution in [0.2, 0.25) is 0 Å². The molecular weight excluding hydrogens is 322 g/mol. The van der Waals surface area contributed by atoms with Crippen molar-refractivity contribution in [1.82, 2.24) is 19.7 Å². The van der Waals surface area contributed by atoms with Crippen LogP contribution in [0.15, 0.2) is 16.6 Å². The van der Waals surface area contributed by atoms with Crippen LogP contribution in [0.3, 0.4) is 0 Å². The molecule has 0 unspecified atom stereocenters. The number of aromatic nitrogens is 1. The van der Waals surface area contributed by atoms with Crippen LogP contribution in [0.5, 0.6) is 0 Å². The zero-order chi connectivity index (χ0) is 16.8. The lowest BCUT2D eigenvalue weighted by Gasteiger charge is -2.35. The molecule has 0 aromatic carbocycles. The summed E-state index contributed by atoms with van der Waals surface area (Å²) in [6, 6.07) is 0. The SMILES string of the molecule is CCN1CCN(CCN=C(N)N2CCN(c3nccs3)CC2)CC1. The minimum Gasteiger partial charge on any atom is -0.370 e. The summed E-state index contributed by atoms with van der Waals surface area (Å²) in [6.07, 6.45) is 1.86. The van der Waals surface area contributed by atoms with Gasteiger partial charge in [-0.15, -0.1) is 11.3 Å². The van der Waals surface area contributed by atoms with E-state index in [0.717, 1.165) is 64.0 Å². The molecule has 3 rings (SSSR count). The number of piperazine rings is 2. The molecule has 0 aliphatic carbocycles. The zero-order valence-corrected chi connectivity index (χ0v) is 15.4. The first-order valence-corrected chi connectivity index (χ1v) is 9.78. The summed E-state index contributed by atoms with van der Waals surface area (Å²) in [5, 5.41) is 3.13. The standard InChI is InChI=1S/C16H29N7S/c1-2-20-6-8-21(9-7-20)5-3-18-15(17)22-10-12-23(13-11-22)16-19-4-14-24-16/h4,14H,2-3,5-13H2,1H3,(H2,17,18). The van der Waals surface area contributed by atoms with Gasteiger partial charge in [-0.05, 0) is 6.54 Å². The molecule has 1 aromatic rings. The van der Waals surface area contributed by atoms with Gasteiger partial charge < -0.3 is 20.4 Å². The van der Waals surface area contributed by atoms with E-state index in [1.165, 1.54) is 13.1 Å². The Bertz CT molecular complexity index is 503. The third kappa shape index (κ3) is 4.58. The van der Waals surface area contributed by atoms with Crippen molar-refractivity contribution in [3.8, 4) is 0 Å². The highest BCUT2D eigenvalue weighted by Crippen LogP contribution is 2.18. The molecule has 8 heteroatoms. The number of hydrogen-bond acceptors (Lipinski definition) is 6. The second kappa shape index (κ2) is 8.64. The molecule has 0 saturated carbocycles. The predicted octanol–water partition coefficient (Wildman–Crippen LogP) is 0.217. The van der Waals surface area contributed by atoms with Crippen molar-refractivity contribution in [3.05, 3.63) is 11.6 Å². The number of nitrogens with two attached hydrogens (primary N) is 1. The maximum absolute atomic E-state index is 6.19. The number of aliphatic imine (C=N–C) groups is 1. The van der Waals surface area contributed by atoms with Gasteiger partial charge in [-0.25, -0.2) is 4.98 Å². The van der Waals surface area contributed by atoms with E-state index in [-0.39, 0.29) is 0 Å². The Morgan fingerprint density at radius 1 is 1.12 bits per heavy atom. The van der Waals surface area contributed by atoms with E-state index in [1.54, 1.807) is 11.3 Å². The summed E-state index contributed by atoms with van der Waals surface area (Å²) in [5.41, 5.74) is 6.19. The molecular formula is C16H29N7S. The highest BCUT2D eigenvalue weighted by molar-refractivity contribution is 7.13. The van der Waals surface area contributed by atoms with Crippen molar-refractivity contribution < 1.29 is 0 Å². The van der Waals surface area contributed by atoms with Crippen LogP contribution in [0.1, 0.15) is 6.92 Å². The summed E-state index contributed by atoms with van der Waals surface area (Å²) in [5.74, 6) is 0.695. The van der Waals surface area contributed by atoms with E-state index in [1.807, 2.05) is 11.6 Å². The van der Waals surface area contributed by atoms with E-state index in [2.05, 4.69) is 36.5 Å². The van der Waals surface area contributed by atoms with Crippen molar-refractivity contribution in [2.45, 2.75) is 6.92 Å². The number of thiazole rings is 1. The quantitative estimate of drug-likeness (QED) is 0.605. The van der Waals surface area contributed by atoms with Crippen LogP contribution >= 0.6 is 11.3 Å². The Kier molecular flexibility index (Phi) is 6.28. The Hall–Kier alpha value is -1.38. The second-order valence-corrected chi connectivity index (χ2v) is 7.18. The van der Waals surface area contributed by atoms with Crippen molar-refractivity contribution in [1.29, 1.82) is 0 Å². The maximum atomic E-state index is 6.19. The van der Waals surface area contributed by atoms with Crippen molar-refractivity contribution in [3.63, 3.8) is 0 Å². The first-order chi connectivity index (χ1) is 11.8. The maximum Gasteiger partial charge on any atom is 0.191 e. The van der Waals surface area contributed by atoms with Crippen molar-refractivity contribution in [2.24, 2.45) is 10.7 Å². The van der Waals surface area contributed by atoms with E-state index in [4.69, 9.17) is 5.73 Å². The predicted molar refractivity (Wildman–Crippen MR) is 101 cm³/mol. The molecule has 24 heavy (non-hydrogen) atoms. The van der Waals surface area contributed by atoms with E-state index in [0.29, 0.717) is 5.96 Å². The Labute approximate surface area is 148 Å². The van der Waals surface area contributed by atoms with Crippen molar-refractivity contribution in [2.75, 3.05) is 76.9 Å². The molecule has 0 bridgehead atoms. The van der Waals surface area contributed by atoms with Crippen LogP contribution in [-0.2, 0) is 0 Å². The molecule has 134 valence electrons. The van der Waals surface area contributed by atoms with Gasteiger partial charge in [0.1, 0.15) is 0 Å². The van der Waals surface area contributed by atoms with Crippen LogP contribution in [-0.4, -0.2) is 97.6 Å². The number of likely N-dealkylation sites (N-methyl/N-ethyl adjacent to an activating group) is 1. The van der Waals surface area contributed by atoms with Crippen LogP contribution in [0.4, 0.5) is 5.13 Å². The molecule has 2 saturated heterocycles. The molecule has 0 radical (unpaired) electrons. The molecule has 2 N–H and O–H groups in total. The average molecular weight is 352 g/mol. The third-order valence-electron chi connectivity index (χ3n) is 4.90. The number of nitrogens with zero attached hydrogens (tertiary/aromatic N) is 6. The van der Waals surface area contributed by atoms with Gasteiger partial charge in [-0.2, -0.15) is 0 Å². The third-order valence-corrected chi connectivity index (χ3v) is 5.73. The first-order valence-electron chi connectivity index (χ1n) is 8.90. The van der Waals surface area contributed by atoms with Gasteiger partial charge in [0.05, 0.1) is 6.54 Å². The number of hydrogen-bond donors (Lipinski definition) is 1. The fourth-order valence-corrected chi connectivity index (χ4v) is 3.93. The average Bonchev–Trinajstić information content (AvgIpc) is 3.17. The first kappa shape index (κ1) is 17.4. The normalized spacial score (nSPS) is 21.5. The van der Waals surface area contributed by atoms with Gasteiger partial charge in [-0.3, -0.25) is 9.89 Å². The highest BCUT2D eigenvalue weighted by Gasteiger charge is 2.20. The Balaban J connectivity index is 1.37. The van der Waals surface area contributed by atoms with E-state index >= 15 is 0 Å². The molecule has 3 heterocycles. The van der Waals surface area contributed by atoms with Gasteiger partial charge in [0, 0.05) is 70.5 Å². The molecule has 1 aromatic heterocycles. The van der Waals surface area contributed by atoms with Gasteiger partial charge in [-0.1, -0.05) is 6.92 Å². The monoisotopic (exact) mass is 351 g/mol. The topological polar surface area (TPSA) is 64.2 Å². The minimum absolute atomic E-state index is 0.695. The fourth-order valence-electron chi connectivity index (χ4n) is 3.23. The van der Waals surface area contributed by atoms with Crippen molar-refractivity contribution >= 4 is 22.4 Å². The van der Waals surface area contributed by atoms with E-state index in [9.17, 15) is 0 Å². The molecule has 0 atom stereocenters. The molecule has 2 aliphatic rings. The van der Waals surface area contributed by atoms with Crippen LogP contribution in [0.25, 0.3) is 0 Å². The smallest absolute Gasteiger partial charge is 0.191 e. The minimum atomic E-state index is 0.695. The summed E-state index contributed by atoms with van der Waals surface area (Å²) in [7, 11) is 0. The second-order valence-electron chi connectivity index (χ2n) is 6.30. The summed E-state index contributed by atoms with van der Waals surface area (Å²) >= 11 is 1.70. The summed E-state index contributed by atoms with van der Waals surface area (Å²) in [6.45, 7) is 13.6. The Morgan fingerprint density at radius 3 is 2.46 bits per heavy atom. The number of guanidine groups is 1. The number of anilines is 1. The zero-order valence-electron chi connectivity index (χ0n) is 14.6. The van der Waals surface area contributed by atoms with Gasteiger partial charge in [0.25, 0.3) is 0 Å². The summed E-state index contributed by atoms with van der Waals surface area (Å²) < 4.78 is 0. The lowest BCUT2D eigenvalue weighted by atomic mass is 10.3. The summed E-state index contributed by atoms with van der Waals surface area (Å²) in [4.78, 5) is 18.5. The molecule has 7 nitrogen and oxygen atoms in total. The van der Waals surface area contributed by atoms with Crippen LogP contribution < -0.4 is 10.6 Å².